The van der Waals surface area contributed by atoms with Gasteiger partial charge in [-0.1, -0.05) is 19.9 Å². The molecule has 0 fully saturated rings. The van der Waals surface area contributed by atoms with Crippen LogP contribution in [0.2, 0.25) is 0 Å². The quantitative estimate of drug-likeness (QED) is 0.858. The van der Waals surface area contributed by atoms with E-state index in [1.807, 2.05) is 26.0 Å². The minimum atomic E-state index is -1.06. The maximum atomic E-state index is 13.2. The number of rotatable bonds is 3. The number of carbonyl (C=O) groups excluding carboxylic acids is 2. The number of allylic oxidation sites excluding steroid dienone is 2. The molecule has 1 aromatic heterocycles. The van der Waals surface area contributed by atoms with Gasteiger partial charge in [-0.15, -0.1) is 0 Å². The highest BCUT2D eigenvalue weighted by molar-refractivity contribution is 6.08. The predicted molar refractivity (Wildman–Crippen MR) is 108 cm³/mol. The van der Waals surface area contributed by atoms with Gasteiger partial charge in [0.05, 0.1) is 5.56 Å². The molecule has 1 amide bonds. The SMILES string of the molecule is CC1(C)CC(=O)C2=C(C1)N(c1cccc(C(=O)O)c1)C(=O)CC2c1ccncc1. The molecule has 148 valence electrons. The van der Waals surface area contributed by atoms with Gasteiger partial charge in [0.25, 0.3) is 0 Å². The zero-order chi connectivity index (χ0) is 20.8. The second-order valence-electron chi connectivity index (χ2n) is 8.42. The van der Waals surface area contributed by atoms with Gasteiger partial charge in [0.1, 0.15) is 0 Å². The Kier molecular flexibility index (Phi) is 4.57. The molecule has 2 heterocycles. The number of anilines is 1. The number of hydrogen-bond acceptors (Lipinski definition) is 4. The summed E-state index contributed by atoms with van der Waals surface area (Å²) >= 11 is 0. The first-order valence-corrected chi connectivity index (χ1v) is 9.59. The molecule has 6 nitrogen and oxygen atoms in total. The lowest BCUT2D eigenvalue weighted by Gasteiger charge is -2.43. The van der Waals surface area contributed by atoms with Crippen molar-refractivity contribution in [2.45, 2.75) is 39.0 Å². The molecule has 4 rings (SSSR count). The molecule has 1 aliphatic heterocycles. The predicted octanol–water partition coefficient (Wildman–Crippen LogP) is 3.94. The third kappa shape index (κ3) is 3.46. The molecule has 1 N–H and O–H groups in total. The Morgan fingerprint density at radius 1 is 1.14 bits per heavy atom. The van der Waals surface area contributed by atoms with Gasteiger partial charge in [0.2, 0.25) is 5.91 Å². The van der Waals surface area contributed by atoms with Crippen LogP contribution in [0.15, 0.2) is 60.1 Å². The van der Waals surface area contributed by atoms with E-state index in [4.69, 9.17) is 0 Å². The van der Waals surface area contributed by atoms with Crippen molar-refractivity contribution in [3.05, 3.63) is 71.2 Å². The number of carboxylic acid groups (broad SMARTS) is 1. The Labute approximate surface area is 168 Å². The van der Waals surface area contributed by atoms with E-state index in [0.717, 1.165) is 5.56 Å². The highest BCUT2D eigenvalue weighted by Crippen LogP contribution is 2.48. The number of hydrogen-bond donors (Lipinski definition) is 1. The molecule has 0 bridgehead atoms. The molecular weight excluding hydrogens is 368 g/mol. The lowest BCUT2D eigenvalue weighted by atomic mass is 9.69. The molecule has 6 heteroatoms. The van der Waals surface area contributed by atoms with E-state index < -0.39 is 5.97 Å². The lowest BCUT2D eigenvalue weighted by molar-refractivity contribution is -0.121. The van der Waals surface area contributed by atoms with Crippen LogP contribution in [0.3, 0.4) is 0 Å². The fraction of sp³-hybridized carbons (Fsp3) is 0.304. The standard InChI is InChI=1S/C23H22N2O4/c1-23(2)12-18-21(19(26)13-23)17(14-6-8-24-9-7-14)11-20(27)25(18)16-5-3-4-15(10-16)22(28)29/h3-10,17H,11-13H2,1-2H3,(H,28,29). The number of pyridine rings is 1. The Balaban J connectivity index is 1.90. The van der Waals surface area contributed by atoms with Crippen molar-refractivity contribution < 1.29 is 19.5 Å². The molecule has 0 saturated heterocycles. The number of aromatic nitrogens is 1. The molecule has 29 heavy (non-hydrogen) atoms. The molecule has 2 aromatic rings. The minimum absolute atomic E-state index is 0.0463. The van der Waals surface area contributed by atoms with Gasteiger partial charge in [0, 0.05) is 48.1 Å². The number of carboxylic acids is 1. The zero-order valence-corrected chi connectivity index (χ0v) is 16.4. The Morgan fingerprint density at radius 3 is 2.55 bits per heavy atom. The number of aromatic carboxylic acids is 1. The number of Topliss-reactive ketones (excluding diaryl/α,β-unsaturated/α-hetero) is 1. The number of benzene rings is 1. The van der Waals surface area contributed by atoms with Gasteiger partial charge in [-0.3, -0.25) is 19.5 Å². The van der Waals surface area contributed by atoms with E-state index in [1.165, 1.54) is 12.1 Å². The highest BCUT2D eigenvalue weighted by atomic mass is 16.4. The topological polar surface area (TPSA) is 87.6 Å². The first-order valence-electron chi connectivity index (χ1n) is 9.59. The van der Waals surface area contributed by atoms with Crippen molar-refractivity contribution in [1.29, 1.82) is 0 Å². The van der Waals surface area contributed by atoms with Crippen LogP contribution in [0.1, 0.15) is 54.9 Å². The van der Waals surface area contributed by atoms with E-state index in [2.05, 4.69) is 4.98 Å². The zero-order valence-electron chi connectivity index (χ0n) is 16.4. The largest absolute Gasteiger partial charge is 0.478 e. The van der Waals surface area contributed by atoms with Crippen molar-refractivity contribution in [1.82, 2.24) is 4.98 Å². The summed E-state index contributed by atoms with van der Waals surface area (Å²) in [6.45, 7) is 4.03. The second kappa shape index (κ2) is 6.95. The van der Waals surface area contributed by atoms with Crippen LogP contribution in [0.4, 0.5) is 5.69 Å². The van der Waals surface area contributed by atoms with E-state index in [-0.39, 0.29) is 35.0 Å². The van der Waals surface area contributed by atoms with Gasteiger partial charge in [-0.25, -0.2) is 4.79 Å². The molecule has 0 spiro atoms. The summed E-state index contributed by atoms with van der Waals surface area (Å²) < 4.78 is 0. The smallest absolute Gasteiger partial charge is 0.335 e. The monoisotopic (exact) mass is 390 g/mol. The maximum absolute atomic E-state index is 13.2. The molecule has 1 atom stereocenters. The van der Waals surface area contributed by atoms with Crippen molar-refractivity contribution in [3.63, 3.8) is 0 Å². The average molecular weight is 390 g/mol. The van der Waals surface area contributed by atoms with E-state index in [9.17, 15) is 19.5 Å². The van der Waals surface area contributed by atoms with Crippen LogP contribution in [0.5, 0.6) is 0 Å². The second-order valence-corrected chi connectivity index (χ2v) is 8.42. The van der Waals surface area contributed by atoms with Gasteiger partial charge in [0.15, 0.2) is 5.78 Å². The molecule has 0 radical (unpaired) electrons. The molecule has 2 aliphatic rings. The number of carbonyl (C=O) groups is 3. The fourth-order valence-corrected chi connectivity index (χ4v) is 4.37. The summed E-state index contributed by atoms with van der Waals surface area (Å²) in [5, 5.41) is 9.35. The summed E-state index contributed by atoms with van der Waals surface area (Å²) in [6.07, 6.45) is 4.48. The summed E-state index contributed by atoms with van der Waals surface area (Å²) in [6, 6.07) is 10.0. The Bertz CT molecular complexity index is 1040. The van der Waals surface area contributed by atoms with Crippen LogP contribution < -0.4 is 4.90 Å². The first-order chi connectivity index (χ1) is 13.8. The van der Waals surface area contributed by atoms with Crippen molar-refractivity contribution >= 4 is 23.3 Å². The van der Waals surface area contributed by atoms with Crippen LogP contribution in [-0.2, 0) is 9.59 Å². The van der Waals surface area contributed by atoms with Gasteiger partial charge in [-0.2, -0.15) is 0 Å². The molecule has 1 aliphatic carbocycles. The number of ketones is 1. The van der Waals surface area contributed by atoms with Crippen molar-refractivity contribution in [2.75, 3.05) is 4.90 Å². The van der Waals surface area contributed by atoms with Crippen molar-refractivity contribution in [3.8, 4) is 0 Å². The summed E-state index contributed by atoms with van der Waals surface area (Å²) in [7, 11) is 0. The number of amides is 1. The Morgan fingerprint density at radius 2 is 1.86 bits per heavy atom. The summed E-state index contributed by atoms with van der Waals surface area (Å²) in [5.74, 6) is -1.45. The van der Waals surface area contributed by atoms with E-state index in [0.29, 0.717) is 29.8 Å². The number of nitrogens with zero attached hydrogens (tertiary/aromatic N) is 2. The molecule has 1 aromatic carbocycles. The maximum Gasteiger partial charge on any atom is 0.335 e. The third-order valence-corrected chi connectivity index (χ3v) is 5.60. The average Bonchev–Trinajstić information content (AvgIpc) is 2.67. The molecule has 0 saturated carbocycles. The van der Waals surface area contributed by atoms with Gasteiger partial charge in [-0.05, 0) is 47.7 Å². The fourth-order valence-electron chi connectivity index (χ4n) is 4.37. The van der Waals surface area contributed by atoms with Crippen LogP contribution in [-0.4, -0.2) is 27.8 Å². The van der Waals surface area contributed by atoms with E-state index in [1.54, 1.807) is 29.4 Å². The van der Waals surface area contributed by atoms with E-state index >= 15 is 0 Å². The molecule has 1 unspecified atom stereocenters. The first kappa shape index (κ1) is 19.1. The van der Waals surface area contributed by atoms with Crippen molar-refractivity contribution in [2.24, 2.45) is 5.41 Å². The van der Waals surface area contributed by atoms with Crippen LogP contribution in [0.25, 0.3) is 0 Å². The normalized spacial score (nSPS) is 21.2. The lowest BCUT2D eigenvalue weighted by Crippen LogP contribution is -2.43. The summed E-state index contributed by atoms with van der Waals surface area (Å²) in [5.41, 5.74) is 2.56. The highest BCUT2D eigenvalue weighted by Gasteiger charge is 2.44. The van der Waals surface area contributed by atoms with Gasteiger partial charge >= 0.3 is 5.97 Å². The minimum Gasteiger partial charge on any atom is -0.478 e. The summed E-state index contributed by atoms with van der Waals surface area (Å²) in [4.78, 5) is 43.4. The van der Waals surface area contributed by atoms with Crippen LogP contribution >= 0.6 is 0 Å². The van der Waals surface area contributed by atoms with Crippen LogP contribution in [0, 0.1) is 5.41 Å². The van der Waals surface area contributed by atoms with Gasteiger partial charge < -0.3 is 5.11 Å². The third-order valence-electron chi connectivity index (χ3n) is 5.60. The molecular formula is C23H22N2O4. The Hall–Kier alpha value is -3.28.